The summed E-state index contributed by atoms with van der Waals surface area (Å²) >= 11 is 0. The first-order chi connectivity index (χ1) is 7.27. The van der Waals surface area contributed by atoms with Crippen LogP contribution in [0.25, 0.3) is 0 Å². The lowest BCUT2D eigenvalue weighted by Gasteiger charge is -2.08. The van der Waals surface area contributed by atoms with Gasteiger partial charge in [-0.3, -0.25) is 0 Å². The second-order valence-corrected chi connectivity index (χ2v) is 3.06. The number of nitrogens with zero attached hydrogens (tertiary/aromatic N) is 1. The molecule has 0 saturated carbocycles. The Morgan fingerprint density at radius 2 is 2.20 bits per heavy atom. The van der Waals surface area contributed by atoms with Crippen LogP contribution in [0.3, 0.4) is 0 Å². The fourth-order valence-corrected chi connectivity index (χ4v) is 1.41. The highest BCUT2D eigenvalue weighted by Crippen LogP contribution is 2.23. The third-order valence-electron chi connectivity index (χ3n) is 2.09. The van der Waals surface area contributed by atoms with E-state index in [4.69, 9.17) is 9.94 Å². The zero-order chi connectivity index (χ0) is 10.7. The van der Waals surface area contributed by atoms with Gasteiger partial charge in [-0.25, -0.2) is 4.79 Å². The van der Waals surface area contributed by atoms with Gasteiger partial charge in [0.2, 0.25) is 5.90 Å². The molecule has 0 amide bonds. The van der Waals surface area contributed by atoms with Crippen LogP contribution in [0.15, 0.2) is 35.5 Å². The van der Waals surface area contributed by atoms with Crippen LogP contribution in [0.1, 0.15) is 11.5 Å². The Hall–Kier alpha value is -2.04. The van der Waals surface area contributed by atoms with Gasteiger partial charge in [-0.2, -0.15) is 0 Å². The van der Waals surface area contributed by atoms with Crippen LogP contribution in [0.2, 0.25) is 0 Å². The number of carboxylic acid groups (broad SMARTS) is 1. The van der Waals surface area contributed by atoms with Gasteiger partial charge in [-0.15, -0.1) is 0 Å². The number of hydrogen-bond acceptors (Lipinski definition) is 4. The lowest BCUT2D eigenvalue weighted by Crippen LogP contribution is -2.17. The smallest absolute Gasteiger partial charge is 0.449 e. The van der Waals surface area contributed by atoms with Gasteiger partial charge < -0.3 is 14.7 Å². The van der Waals surface area contributed by atoms with E-state index in [1.54, 1.807) is 0 Å². The van der Waals surface area contributed by atoms with Gasteiger partial charge in [-0.05, 0) is 5.56 Å². The second kappa shape index (κ2) is 4.00. The number of benzene rings is 1. The predicted octanol–water partition coefficient (Wildman–Crippen LogP) is 1.81. The average molecular weight is 207 g/mol. The fraction of sp³-hybridized carbons (Fsp3) is 0.200. The van der Waals surface area contributed by atoms with Gasteiger partial charge in [0, 0.05) is 0 Å². The van der Waals surface area contributed by atoms with Crippen LogP contribution in [-0.4, -0.2) is 23.8 Å². The third kappa shape index (κ3) is 2.07. The summed E-state index contributed by atoms with van der Waals surface area (Å²) in [4.78, 5) is 15.2. The lowest BCUT2D eigenvalue weighted by molar-refractivity contribution is 0.137. The molecule has 15 heavy (non-hydrogen) atoms. The van der Waals surface area contributed by atoms with Crippen LogP contribution in [0.4, 0.5) is 4.79 Å². The van der Waals surface area contributed by atoms with Crippen LogP contribution in [0, 0.1) is 0 Å². The van der Waals surface area contributed by atoms with Crippen molar-refractivity contribution in [1.29, 1.82) is 0 Å². The Labute approximate surface area is 85.9 Å². The summed E-state index contributed by atoms with van der Waals surface area (Å²) in [6.45, 7) is 0.312. The molecule has 1 aromatic carbocycles. The van der Waals surface area contributed by atoms with Crippen LogP contribution in [0.5, 0.6) is 0 Å². The molecule has 78 valence electrons. The Balaban J connectivity index is 2.17. The molecule has 2 rings (SSSR count). The number of rotatable bonds is 1. The maximum atomic E-state index is 10.4. The van der Waals surface area contributed by atoms with E-state index >= 15 is 0 Å². The van der Waals surface area contributed by atoms with Crippen molar-refractivity contribution in [3.05, 3.63) is 35.9 Å². The molecular formula is C10H9NO4. The van der Waals surface area contributed by atoms with E-state index < -0.39 is 6.16 Å². The van der Waals surface area contributed by atoms with Crippen molar-refractivity contribution in [2.75, 3.05) is 6.61 Å². The summed E-state index contributed by atoms with van der Waals surface area (Å²) in [5, 5.41) is 12.0. The minimum absolute atomic E-state index is 0.0914. The van der Waals surface area contributed by atoms with E-state index in [0.29, 0.717) is 6.61 Å². The molecule has 0 aliphatic carbocycles. The van der Waals surface area contributed by atoms with E-state index in [1.807, 2.05) is 30.3 Å². The summed E-state index contributed by atoms with van der Waals surface area (Å²) in [5.74, 6) is -0.143. The van der Waals surface area contributed by atoms with Crippen molar-refractivity contribution in [1.82, 2.24) is 0 Å². The first-order valence-electron chi connectivity index (χ1n) is 4.43. The van der Waals surface area contributed by atoms with Gasteiger partial charge in [0.15, 0.2) is 0 Å². The van der Waals surface area contributed by atoms with Crippen molar-refractivity contribution in [3.63, 3.8) is 0 Å². The monoisotopic (exact) mass is 207 g/mol. The van der Waals surface area contributed by atoms with Gasteiger partial charge in [0.25, 0.3) is 0 Å². The largest absolute Gasteiger partial charge is 0.512 e. The van der Waals surface area contributed by atoms with Gasteiger partial charge in [0.05, 0.1) is 0 Å². The third-order valence-corrected chi connectivity index (χ3v) is 2.09. The number of oxime groups is 1. The summed E-state index contributed by atoms with van der Waals surface area (Å²) in [5.41, 5.74) is 0.926. The van der Waals surface area contributed by atoms with E-state index in [-0.39, 0.29) is 11.8 Å². The van der Waals surface area contributed by atoms with E-state index in [2.05, 4.69) is 9.89 Å². The standard InChI is InChI=1S/C10H9NO4/c12-10(13)15-9-8(6-14-11-9)7-4-2-1-3-5-7/h1-5,8H,6H2,(H,12,13). The molecule has 1 unspecified atom stereocenters. The van der Waals surface area contributed by atoms with Crippen molar-refractivity contribution in [2.24, 2.45) is 5.16 Å². The first kappa shape index (κ1) is 9.51. The molecule has 1 atom stereocenters. The number of ether oxygens (including phenoxy) is 1. The Morgan fingerprint density at radius 1 is 1.47 bits per heavy atom. The molecule has 0 bridgehead atoms. The zero-order valence-corrected chi connectivity index (χ0v) is 7.79. The number of carbonyl (C=O) groups is 1. The highest BCUT2D eigenvalue weighted by atomic mass is 16.7. The minimum atomic E-state index is -1.37. The molecule has 5 heteroatoms. The maximum Gasteiger partial charge on any atom is 0.512 e. The molecule has 1 heterocycles. The Morgan fingerprint density at radius 3 is 2.87 bits per heavy atom. The molecule has 0 aromatic heterocycles. The molecule has 0 saturated heterocycles. The lowest BCUT2D eigenvalue weighted by atomic mass is 10.0. The maximum absolute atomic E-state index is 10.4. The molecule has 0 spiro atoms. The van der Waals surface area contributed by atoms with E-state index in [0.717, 1.165) is 5.56 Å². The molecule has 1 N–H and O–H groups in total. The summed E-state index contributed by atoms with van der Waals surface area (Å²) in [6.07, 6.45) is -1.37. The first-order valence-corrected chi connectivity index (χ1v) is 4.43. The molecule has 0 radical (unpaired) electrons. The molecule has 1 aliphatic rings. The van der Waals surface area contributed by atoms with E-state index in [1.165, 1.54) is 0 Å². The Bertz CT molecular complexity index is 388. The van der Waals surface area contributed by atoms with Gasteiger partial charge in [-0.1, -0.05) is 35.5 Å². The van der Waals surface area contributed by atoms with Gasteiger partial charge in [0.1, 0.15) is 12.5 Å². The molecule has 5 nitrogen and oxygen atoms in total. The topological polar surface area (TPSA) is 68.1 Å². The summed E-state index contributed by atoms with van der Waals surface area (Å²) < 4.78 is 4.52. The van der Waals surface area contributed by atoms with Gasteiger partial charge >= 0.3 is 6.16 Å². The fourth-order valence-electron chi connectivity index (χ4n) is 1.41. The highest BCUT2D eigenvalue weighted by molar-refractivity contribution is 5.91. The average Bonchev–Trinajstić information content (AvgIpc) is 2.66. The van der Waals surface area contributed by atoms with Crippen molar-refractivity contribution < 1.29 is 19.5 Å². The zero-order valence-electron chi connectivity index (χ0n) is 7.79. The number of hydrogen-bond donors (Lipinski definition) is 1. The van der Waals surface area contributed by atoms with Crippen molar-refractivity contribution >= 4 is 12.1 Å². The molecule has 1 aliphatic heterocycles. The van der Waals surface area contributed by atoms with Crippen molar-refractivity contribution in [2.45, 2.75) is 5.92 Å². The summed E-state index contributed by atoms with van der Waals surface area (Å²) in [6, 6.07) is 9.37. The van der Waals surface area contributed by atoms with Crippen LogP contribution < -0.4 is 0 Å². The van der Waals surface area contributed by atoms with Crippen LogP contribution >= 0.6 is 0 Å². The Kier molecular flexibility index (Phi) is 2.53. The molecule has 1 aromatic rings. The van der Waals surface area contributed by atoms with Crippen LogP contribution in [-0.2, 0) is 9.57 Å². The molecule has 0 fully saturated rings. The predicted molar refractivity (Wildman–Crippen MR) is 51.7 cm³/mol. The van der Waals surface area contributed by atoms with E-state index in [9.17, 15) is 4.79 Å². The quantitative estimate of drug-likeness (QED) is 0.713. The summed E-state index contributed by atoms with van der Waals surface area (Å²) in [7, 11) is 0. The highest BCUT2D eigenvalue weighted by Gasteiger charge is 2.28. The SMILES string of the molecule is O=C(O)OC1=NOCC1c1ccccc1. The minimum Gasteiger partial charge on any atom is -0.449 e. The normalized spacial score (nSPS) is 19.2. The van der Waals surface area contributed by atoms with Crippen molar-refractivity contribution in [3.8, 4) is 0 Å². The second-order valence-electron chi connectivity index (χ2n) is 3.06. The molecular weight excluding hydrogens is 198 g/mol.